The second-order valence-corrected chi connectivity index (χ2v) is 5.40. The van der Waals surface area contributed by atoms with Crippen molar-refractivity contribution < 1.29 is 4.74 Å². The summed E-state index contributed by atoms with van der Waals surface area (Å²) in [7, 11) is 1.63. The minimum Gasteiger partial charge on any atom is -0.491 e. The zero-order chi connectivity index (χ0) is 15.6. The molecule has 0 radical (unpaired) electrons. The molecule has 1 aromatic carbocycles. The molecule has 0 saturated heterocycles. The summed E-state index contributed by atoms with van der Waals surface area (Å²) < 4.78 is 7.01. The molecule has 21 heavy (non-hydrogen) atoms. The van der Waals surface area contributed by atoms with Crippen molar-refractivity contribution in [2.24, 2.45) is 12.8 Å². The van der Waals surface area contributed by atoms with Gasteiger partial charge in [0, 0.05) is 24.2 Å². The van der Waals surface area contributed by atoms with E-state index in [0.717, 1.165) is 11.3 Å². The third-order valence-corrected chi connectivity index (χ3v) is 3.08. The Bertz CT molecular complexity index is 690. The van der Waals surface area contributed by atoms with Crippen molar-refractivity contribution in [3.05, 3.63) is 46.2 Å². The van der Waals surface area contributed by atoms with Crippen LogP contribution in [0.2, 0.25) is 0 Å². The minimum absolute atomic E-state index is 0.105. The average Bonchev–Trinajstić information content (AvgIpc) is 2.41. The van der Waals surface area contributed by atoms with Gasteiger partial charge in [-0.1, -0.05) is 12.1 Å². The number of nitrogens with two attached hydrogens (primary N) is 1. The van der Waals surface area contributed by atoms with E-state index in [0.29, 0.717) is 11.3 Å². The molecule has 1 heterocycles. The van der Waals surface area contributed by atoms with Gasteiger partial charge in [0.1, 0.15) is 5.75 Å². The van der Waals surface area contributed by atoms with Crippen LogP contribution in [0.15, 0.2) is 35.1 Å². The molecular weight excluding hydrogens is 266 g/mol. The zero-order valence-electron chi connectivity index (χ0n) is 12.8. The van der Waals surface area contributed by atoms with E-state index in [1.54, 1.807) is 20.0 Å². The quantitative estimate of drug-likeness (QED) is 0.936. The lowest BCUT2D eigenvalue weighted by molar-refractivity contribution is 0.242. The van der Waals surface area contributed by atoms with Gasteiger partial charge in [-0.3, -0.25) is 4.79 Å². The maximum atomic E-state index is 12.0. The van der Waals surface area contributed by atoms with Crippen molar-refractivity contribution in [1.29, 1.82) is 0 Å². The molecule has 0 aliphatic heterocycles. The molecule has 1 unspecified atom stereocenters. The van der Waals surface area contributed by atoms with Crippen molar-refractivity contribution in [1.82, 2.24) is 9.78 Å². The van der Waals surface area contributed by atoms with E-state index in [9.17, 15) is 4.79 Å². The van der Waals surface area contributed by atoms with Crippen LogP contribution in [-0.2, 0) is 7.05 Å². The molecule has 0 fully saturated rings. The number of benzene rings is 1. The van der Waals surface area contributed by atoms with Gasteiger partial charge in [0.25, 0.3) is 5.56 Å². The Labute approximate surface area is 124 Å². The van der Waals surface area contributed by atoms with Gasteiger partial charge < -0.3 is 10.5 Å². The third-order valence-electron chi connectivity index (χ3n) is 3.08. The lowest BCUT2D eigenvalue weighted by Crippen LogP contribution is -2.27. The summed E-state index contributed by atoms with van der Waals surface area (Å²) in [6, 6.07) is 9.08. The standard InChI is InChI=1S/C16H21N3O2/c1-10(2)21-13-7-5-6-12(8-13)15-9-14(11(3)17)16(20)19(4)18-15/h5-11H,17H2,1-4H3. The molecule has 0 aliphatic carbocycles. The molecule has 0 amide bonds. The summed E-state index contributed by atoms with van der Waals surface area (Å²) in [4.78, 5) is 12.0. The SMILES string of the molecule is CC(C)Oc1cccc(-c2cc(C(C)N)c(=O)n(C)n2)c1. The van der Waals surface area contributed by atoms with E-state index in [4.69, 9.17) is 10.5 Å². The molecular formula is C16H21N3O2. The van der Waals surface area contributed by atoms with Crippen LogP contribution in [0.5, 0.6) is 5.75 Å². The van der Waals surface area contributed by atoms with E-state index in [2.05, 4.69) is 5.10 Å². The molecule has 0 aliphatic rings. The topological polar surface area (TPSA) is 70.1 Å². The zero-order valence-corrected chi connectivity index (χ0v) is 12.8. The molecule has 0 saturated carbocycles. The van der Waals surface area contributed by atoms with Gasteiger partial charge in [-0.25, -0.2) is 4.68 Å². The smallest absolute Gasteiger partial charge is 0.271 e. The highest BCUT2D eigenvalue weighted by Gasteiger charge is 2.12. The summed E-state index contributed by atoms with van der Waals surface area (Å²) in [5.41, 5.74) is 7.85. The molecule has 5 nitrogen and oxygen atoms in total. The van der Waals surface area contributed by atoms with Crippen LogP contribution in [0.4, 0.5) is 0 Å². The highest BCUT2D eigenvalue weighted by molar-refractivity contribution is 5.61. The summed E-state index contributed by atoms with van der Waals surface area (Å²) in [6.45, 7) is 5.75. The first kappa shape index (κ1) is 15.3. The van der Waals surface area contributed by atoms with Gasteiger partial charge in [0.15, 0.2) is 0 Å². The first-order chi connectivity index (χ1) is 9.88. The fourth-order valence-corrected chi connectivity index (χ4v) is 2.10. The monoisotopic (exact) mass is 287 g/mol. The molecule has 0 bridgehead atoms. The van der Waals surface area contributed by atoms with Gasteiger partial charge in [0.05, 0.1) is 11.8 Å². The molecule has 2 N–H and O–H groups in total. The number of ether oxygens (including phenoxy) is 1. The van der Waals surface area contributed by atoms with Gasteiger partial charge in [-0.15, -0.1) is 0 Å². The molecule has 1 atom stereocenters. The first-order valence-electron chi connectivity index (χ1n) is 6.99. The number of nitrogens with zero attached hydrogens (tertiary/aromatic N) is 2. The fourth-order valence-electron chi connectivity index (χ4n) is 2.10. The van der Waals surface area contributed by atoms with Crippen molar-refractivity contribution in [2.75, 3.05) is 0 Å². The Morgan fingerprint density at radius 3 is 2.57 bits per heavy atom. The van der Waals surface area contributed by atoms with Crippen molar-refractivity contribution in [3.8, 4) is 17.0 Å². The maximum Gasteiger partial charge on any atom is 0.271 e. The van der Waals surface area contributed by atoms with Gasteiger partial charge in [-0.2, -0.15) is 5.10 Å². The van der Waals surface area contributed by atoms with Crippen LogP contribution >= 0.6 is 0 Å². The summed E-state index contributed by atoms with van der Waals surface area (Å²) in [5.74, 6) is 0.778. The van der Waals surface area contributed by atoms with Crippen LogP contribution in [0.25, 0.3) is 11.3 Å². The van der Waals surface area contributed by atoms with Crippen LogP contribution in [0, 0.1) is 0 Å². The lowest BCUT2D eigenvalue weighted by atomic mass is 10.1. The van der Waals surface area contributed by atoms with E-state index in [-0.39, 0.29) is 17.7 Å². The van der Waals surface area contributed by atoms with Gasteiger partial charge in [-0.05, 0) is 39.0 Å². The lowest BCUT2D eigenvalue weighted by Gasteiger charge is -2.12. The van der Waals surface area contributed by atoms with E-state index >= 15 is 0 Å². The summed E-state index contributed by atoms with van der Waals surface area (Å²) in [5, 5.41) is 4.30. The highest BCUT2D eigenvalue weighted by Crippen LogP contribution is 2.23. The number of rotatable bonds is 4. The van der Waals surface area contributed by atoms with Crippen LogP contribution < -0.4 is 16.0 Å². The molecule has 2 rings (SSSR count). The van der Waals surface area contributed by atoms with Crippen molar-refractivity contribution in [2.45, 2.75) is 32.9 Å². The van der Waals surface area contributed by atoms with E-state index < -0.39 is 0 Å². The first-order valence-corrected chi connectivity index (χ1v) is 6.99. The normalized spacial score (nSPS) is 12.5. The number of hydrogen-bond donors (Lipinski definition) is 1. The Balaban J connectivity index is 2.49. The Morgan fingerprint density at radius 1 is 1.24 bits per heavy atom. The Kier molecular flexibility index (Phi) is 4.43. The predicted molar refractivity (Wildman–Crippen MR) is 83.3 cm³/mol. The number of aryl methyl sites for hydroxylation is 1. The second kappa shape index (κ2) is 6.10. The Morgan fingerprint density at radius 2 is 1.95 bits per heavy atom. The molecule has 112 valence electrons. The van der Waals surface area contributed by atoms with Crippen LogP contribution in [0.1, 0.15) is 32.4 Å². The number of hydrogen-bond acceptors (Lipinski definition) is 4. The largest absolute Gasteiger partial charge is 0.491 e. The predicted octanol–water partition coefficient (Wildman–Crippen LogP) is 2.25. The molecule has 1 aromatic heterocycles. The Hall–Kier alpha value is -2.14. The molecule has 0 spiro atoms. The van der Waals surface area contributed by atoms with Crippen LogP contribution in [0.3, 0.4) is 0 Å². The average molecular weight is 287 g/mol. The molecule has 5 heteroatoms. The van der Waals surface area contributed by atoms with E-state index in [1.807, 2.05) is 38.1 Å². The fraction of sp³-hybridized carbons (Fsp3) is 0.375. The van der Waals surface area contributed by atoms with Gasteiger partial charge >= 0.3 is 0 Å². The van der Waals surface area contributed by atoms with Crippen LogP contribution in [-0.4, -0.2) is 15.9 Å². The van der Waals surface area contributed by atoms with Crippen molar-refractivity contribution >= 4 is 0 Å². The molecule has 2 aromatic rings. The van der Waals surface area contributed by atoms with Crippen molar-refractivity contribution in [3.63, 3.8) is 0 Å². The van der Waals surface area contributed by atoms with Gasteiger partial charge in [0.2, 0.25) is 0 Å². The highest BCUT2D eigenvalue weighted by atomic mass is 16.5. The minimum atomic E-state index is -0.333. The maximum absolute atomic E-state index is 12.0. The third kappa shape index (κ3) is 3.49. The second-order valence-electron chi connectivity index (χ2n) is 5.40. The number of aromatic nitrogens is 2. The summed E-state index contributed by atoms with van der Waals surface area (Å²) in [6.07, 6.45) is 0.105. The summed E-state index contributed by atoms with van der Waals surface area (Å²) >= 11 is 0. The van der Waals surface area contributed by atoms with E-state index in [1.165, 1.54) is 4.68 Å².